The van der Waals surface area contributed by atoms with Gasteiger partial charge in [-0.1, -0.05) is 6.92 Å². The van der Waals surface area contributed by atoms with Crippen LogP contribution in [-0.2, 0) is 14.3 Å². The summed E-state index contributed by atoms with van der Waals surface area (Å²) in [5, 5.41) is 2.74. The van der Waals surface area contributed by atoms with E-state index in [1.165, 1.54) is 36.3 Å². The minimum atomic E-state index is -0.442. The van der Waals surface area contributed by atoms with Gasteiger partial charge in [-0.15, -0.1) is 0 Å². The average molecular weight is 516 g/mol. The van der Waals surface area contributed by atoms with Gasteiger partial charge in [-0.2, -0.15) is 0 Å². The zero-order valence-corrected chi connectivity index (χ0v) is 21.8. The fraction of sp³-hybridized carbons (Fsp3) is 0.444. The number of likely N-dealkylation sites (N-methyl/N-ethyl adjacent to an activating group) is 1. The van der Waals surface area contributed by atoms with Crippen molar-refractivity contribution in [2.24, 2.45) is 5.92 Å². The molecule has 0 fully saturated rings. The van der Waals surface area contributed by atoms with E-state index in [0.717, 1.165) is 0 Å². The second kappa shape index (κ2) is 12.6. The molecule has 1 aliphatic rings. The molecule has 0 radical (unpaired) electrons. The molecule has 10 heteroatoms. The summed E-state index contributed by atoms with van der Waals surface area (Å²) in [6.45, 7) is 4.62. The molecule has 3 atom stereocenters. The highest BCUT2D eigenvalue weighted by molar-refractivity contribution is 6.05. The third-order valence-corrected chi connectivity index (χ3v) is 6.40. The summed E-state index contributed by atoms with van der Waals surface area (Å²) in [4.78, 5) is 42.1. The number of ether oxygens (including phenoxy) is 3. The van der Waals surface area contributed by atoms with E-state index in [-0.39, 0.29) is 60.8 Å². The molecular formula is C27H34FN3O6. The molecule has 0 aromatic heterocycles. The molecule has 200 valence electrons. The molecule has 37 heavy (non-hydrogen) atoms. The van der Waals surface area contributed by atoms with Crippen LogP contribution >= 0.6 is 0 Å². The number of rotatable bonds is 5. The number of carbonyl (C=O) groups excluding carboxylic acids is 3. The van der Waals surface area contributed by atoms with Gasteiger partial charge in [-0.05, 0) is 49.4 Å². The maximum atomic E-state index is 13.5. The SMILES string of the molecule is COCC(=O)N1C[C@H](C)[C@H](OC)CN(C)C(=O)c2cc(NC(=O)c3ccc(F)cc3)ccc2OC[C@@H]1C. The van der Waals surface area contributed by atoms with Gasteiger partial charge in [-0.3, -0.25) is 14.4 Å². The molecular weight excluding hydrogens is 481 g/mol. The first-order chi connectivity index (χ1) is 17.6. The number of halogens is 1. The molecule has 0 bridgehead atoms. The van der Waals surface area contributed by atoms with E-state index >= 15 is 0 Å². The van der Waals surface area contributed by atoms with Crippen LogP contribution in [0.5, 0.6) is 5.75 Å². The Morgan fingerprint density at radius 1 is 1.11 bits per heavy atom. The van der Waals surface area contributed by atoms with Crippen molar-refractivity contribution in [3.63, 3.8) is 0 Å². The summed E-state index contributed by atoms with van der Waals surface area (Å²) in [6.07, 6.45) is -0.329. The van der Waals surface area contributed by atoms with E-state index in [2.05, 4.69) is 5.32 Å². The molecule has 0 spiro atoms. The summed E-state index contributed by atoms with van der Waals surface area (Å²) in [5.74, 6) is -1.11. The summed E-state index contributed by atoms with van der Waals surface area (Å²) in [6, 6.07) is 9.64. The van der Waals surface area contributed by atoms with Gasteiger partial charge in [0.25, 0.3) is 11.8 Å². The number of carbonyl (C=O) groups is 3. The summed E-state index contributed by atoms with van der Waals surface area (Å²) < 4.78 is 30.0. The predicted octanol–water partition coefficient (Wildman–Crippen LogP) is 3.06. The van der Waals surface area contributed by atoms with Crippen LogP contribution in [0.4, 0.5) is 10.1 Å². The second-order valence-corrected chi connectivity index (χ2v) is 9.25. The molecule has 2 aromatic rings. The van der Waals surface area contributed by atoms with Gasteiger partial charge in [0.05, 0.1) is 17.7 Å². The van der Waals surface area contributed by atoms with Crippen molar-refractivity contribution in [2.75, 3.05) is 52.9 Å². The zero-order valence-electron chi connectivity index (χ0n) is 21.8. The highest BCUT2D eigenvalue weighted by Crippen LogP contribution is 2.27. The Morgan fingerprint density at radius 3 is 2.46 bits per heavy atom. The molecule has 0 unspecified atom stereocenters. The second-order valence-electron chi connectivity index (χ2n) is 9.25. The highest BCUT2D eigenvalue weighted by atomic mass is 19.1. The first-order valence-corrected chi connectivity index (χ1v) is 12.0. The Morgan fingerprint density at radius 2 is 1.81 bits per heavy atom. The molecule has 3 amide bonds. The minimum Gasteiger partial charge on any atom is -0.491 e. The zero-order chi connectivity index (χ0) is 27.1. The molecule has 1 heterocycles. The average Bonchev–Trinajstić information content (AvgIpc) is 2.88. The number of nitrogens with zero attached hydrogens (tertiary/aromatic N) is 2. The van der Waals surface area contributed by atoms with Crippen molar-refractivity contribution in [3.8, 4) is 5.75 Å². The van der Waals surface area contributed by atoms with Crippen LogP contribution in [0.1, 0.15) is 34.6 Å². The smallest absolute Gasteiger partial charge is 0.257 e. The Bertz CT molecular complexity index is 1110. The molecule has 3 rings (SSSR count). The predicted molar refractivity (Wildman–Crippen MR) is 136 cm³/mol. The lowest BCUT2D eigenvalue weighted by Crippen LogP contribution is -2.49. The van der Waals surface area contributed by atoms with Gasteiger partial charge in [0, 0.05) is 51.5 Å². The molecule has 0 aliphatic carbocycles. The topological polar surface area (TPSA) is 97.4 Å². The maximum absolute atomic E-state index is 13.5. The van der Waals surface area contributed by atoms with E-state index in [1.54, 1.807) is 37.3 Å². The lowest BCUT2D eigenvalue weighted by molar-refractivity contribution is -0.139. The summed E-state index contributed by atoms with van der Waals surface area (Å²) >= 11 is 0. The van der Waals surface area contributed by atoms with Crippen LogP contribution in [0.15, 0.2) is 42.5 Å². The van der Waals surface area contributed by atoms with Crippen LogP contribution in [-0.4, -0.2) is 87.2 Å². The van der Waals surface area contributed by atoms with Crippen LogP contribution in [0.2, 0.25) is 0 Å². The number of methoxy groups -OCH3 is 2. The van der Waals surface area contributed by atoms with Crippen molar-refractivity contribution >= 4 is 23.4 Å². The number of anilines is 1. The minimum absolute atomic E-state index is 0.0548. The van der Waals surface area contributed by atoms with E-state index in [9.17, 15) is 18.8 Å². The molecule has 0 saturated carbocycles. The third kappa shape index (κ3) is 7.05. The summed E-state index contributed by atoms with van der Waals surface area (Å²) in [7, 11) is 4.72. The van der Waals surface area contributed by atoms with Gasteiger partial charge in [0.15, 0.2) is 0 Å². The van der Waals surface area contributed by atoms with Crippen molar-refractivity contribution in [2.45, 2.75) is 26.0 Å². The normalized spacial score (nSPS) is 20.8. The van der Waals surface area contributed by atoms with Crippen LogP contribution in [0.25, 0.3) is 0 Å². The van der Waals surface area contributed by atoms with Gasteiger partial charge >= 0.3 is 0 Å². The Kier molecular flexibility index (Phi) is 9.60. The number of fused-ring (bicyclic) bond motifs is 1. The first kappa shape index (κ1) is 28.1. The van der Waals surface area contributed by atoms with Gasteiger partial charge < -0.3 is 29.3 Å². The lowest BCUT2D eigenvalue weighted by atomic mass is 10.0. The van der Waals surface area contributed by atoms with Crippen LogP contribution in [0.3, 0.4) is 0 Å². The van der Waals surface area contributed by atoms with E-state index in [0.29, 0.717) is 18.0 Å². The van der Waals surface area contributed by atoms with Gasteiger partial charge in [0.2, 0.25) is 5.91 Å². The van der Waals surface area contributed by atoms with E-state index < -0.39 is 11.7 Å². The van der Waals surface area contributed by atoms with Crippen molar-refractivity contribution < 1.29 is 33.0 Å². The van der Waals surface area contributed by atoms with Crippen molar-refractivity contribution in [1.29, 1.82) is 0 Å². The molecule has 1 aliphatic heterocycles. The Labute approximate surface area is 216 Å². The Hall–Kier alpha value is -3.50. The molecule has 9 nitrogen and oxygen atoms in total. The molecule has 0 saturated heterocycles. The van der Waals surface area contributed by atoms with Crippen molar-refractivity contribution in [3.05, 3.63) is 59.4 Å². The van der Waals surface area contributed by atoms with E-state index in [1.807, 2.05) is 13.8 Å². The fourth-order valence-corrected chi connectivity index (χ4v) is 4.21. The van der Waals surface area contributed by atoms with Crippen LogP contribution < -0.4 is 10.1 Å². The Balaban J connectivity index is 1.93. The largest absolute Gasteiger partial charge is 0.491 e. The molecule has 2 aromatic carbocycles. The number of benzene rings is 2. The standard InChI is InChI=1S/C27H34FN3O6/c1-17-13-31(25(32)16-35-4)18(2)15-37-23-11-10-21(29-26(33)19-6-8-20(28)9-7-19)12-22(23)27(34)30(3)14-24(17)36-5/h6-12,17-18,24H,13-16H2,1-5H3,(H,29,33)/t17-,18-,24+/m0/s1. The maximum Gasteiger partial charge on any atom is 0.257 e. The summed E-state index contributed by atoms with van der Waals surface area (Å²) in [5.41, 5.74) is 0.914. The quantitative estimate of drug-likeness (QED) is 0.658. The monoisotopic (exact) mass is 515 g/mol. The highest BCUT2D eigenvalue weighted by Gasteiger charge is 2.30. The van der Waals surface area contributed by atoms with Gasteiger partial charge in [0.1, 0.15) is 24.8 Å². The number of nitrogens with one attached hydrogen (secondary N) is 1. The number of hydrogen-bond donors (Lipinski definition) is 1. The number of amides is 3. The van der Waals surface area contributed by atoms with Gasteiger partial charge in [-0.25, -0.2) is 4.39 Å². The third-order valence-electron chi connectivity index (χ3n) is 6.40. The van der Waals surface area contributed by atoms with E-state index in [4.69, 9.17) is 14.2 Å². The first-order valence-electron chi connectivity index (χ1n) is 12.0. The van der Waals surface area contributed by atoms with Crippen LogP contribution in [0, 0.1) is 11.7 Å². The molecule has 1 N–H and O–H groups in total. The lowest BCUT2D eigenvalue weighted by Gasteiger charge is -2.36. The number of hydrogen-bond acceptors (Lipinski definition) is 6. The fourth-order valence-electron chi connectivity index (χ4n) is 4.21. The van der Waals surface area contributed by atoms with Crippen molar-refractivity contribution in [1.82, 2.24) is 9.80 Å².